The fourth-order valence-electron chi connectivity index (χ4n) is 2.53. The zero-order valence-corrected chi connectivity index (χ0v) is 14.6. The van der Waals surface area contributed by atoms with Gasteiger partial charge in [0.2, 0.25) is 0 Å². The summed E-state index contributed by atoms with van der Waals surface area (Å²) >= 11 is 6.41. The van der Waals surface area contributed by atoms with Crippen molar-refractivity contribution in [3.05, 3.63) is 92.8 Å². The Morgan fingerprint density at radius 2 is 1.81 bits per heavy atom. The number of allylic oxidation sites excluding steroid dienone is 1. The van der Waals surface area contributed by atoms with Crippen molar-refractivity contribution in [1.29, 1.82) is 0 Å². The second-order valence-electron chi connectivity index (χ2n) is 5.51. The number of nitro benzene ring substituents is 1. The minimum Gasteiger partial charge on any atom is -0.289 e. The van der Waals surface area contributed by atoms with E-state index in [0.29, 0.717) is 16.4 Å². The van der Waals surface area contributed by atoms with Crippen LogP contribution in [0.1, 0.15) is 21.6 Å². The maximum Gasteiger partial charge on any atom is 0.280 e. The maximum atomic E-state index is 12.4. The Morgan fingerprint density at radius 1 is 1.15 bits per heavy atom. The number of hydrogen-bond donors (Lipinski definition) is 0. The van der Waals surface area contributed by atoms with Crippen molar-refractivity contribution in [3.8, 4) is 5.69 Å². The number of aromatic nitrogens is 2. The number of benzene rings is 2. The lowest BCUT2D eigenvalue weighted by Crippen LogP contribution is -2.00. The molecule has 0 aliphatic carbocycles. The highest BCUT2D eigenvalue weighted by molar-refractivity contribution is 6.31. The number of ketones is 1. The van der Waals surface area contributed by atoms with Crippen molar-refractivity contribution in [2.45, 2.75) is 6.92 Å². The SMILES string of the molecule is Cc1nn(-c2ccccc2)c(Cl)c1/C=C/C(=O)c1ccccc1[N+](=O)[O-]. The van der Waals surface area contributed by atoms with E-state index in [2.05, 4.69) is 5.10 Å². The molecular formula is C19H14ClN3O3. The molecule has 0 fully saturated rings. The molecule has 0 atom stereocenters. The number of aryl methyl sites for hydroxylation is 1. The monoisotopic (exact) mass is 367 g/mol. The van der Waals surface area contributed by atoms with Crippen molar-refractivity contribution in [3.63, 3.8) is 0 Å². The highest BCUT2D eigenvalue weighted by atomic mass is 35.5. The predicted octanol–water partition coefficient (Wildman–Crippen LogP) is 4.64. The van der Waals surface area contributed by atoms with Gasteiger partial charge in [-0.3, -0.25) is 14.9 Å². The summed E-state index contributed by atoms with van der Waals surface area (Å²) in [6.07, 6.45) is 2.80. The van der Waals surface area contributed by atoms with E-state index < -0.39 is 10.7 Å². The lowest BCUT2D eigenvalue weighted by Gasteiger charge is -2.02. The predicted molar refractivity (Wildman–Crippen MR) is 99.8 cm³/mol. The smallest absolute Gasteiger partial charge is 0.280 e. The van der Waals surface area contributed by atoms with Crippen LogP contribution < -0.4 is 0 Å². The summed E-state index contributed by atoms with van der Waals surface area (Å²) in [5.74, 6) is -0.472. The summed E-state index contributed by atoms with van der Waals surface area (Å²) in [5.41, 5.74) is 1.82. The lowest BCUT2D eigenvalue weighted by molar-refractivity contribution is -0.385. The molecule has 1 aromatic heterocycles. The topological polar surface area (TPSA) is 78.0 Å². The van der Waals surface area contributed by atoms with Crippen LogP contribution in [0, 0.1) is 17.0 Å². The molecule has 0 amide bonds. The molecule has 0 radical (unpaired) electrons. The van der Waals surface area contributed by atoms with Gasteiger partial charge in [-0.25, -0.2) is 4.68 Å². The van der Waals surface area contributed by atoms with E-state index in [9.17, 15) is 14.9 Å². The minimum absolute atomic E-state index is 0.0259. The number of para-hydroxylation sites is 2. The summed E-state index contributed by atoms with van der Waals surface area (Å²) < 4.78 is 1.58. The second kappa shape index (κ2) is 7.33. The number of hydrogen-bond acceptors (Lipinski definition) is 4. The average Bonchev–Trinajstić information content (AvgIpc) is 2.94. The first-order chi connectivity index (χ1) is 12.5. The first-order valence-electron chi connectivity index (χ1n) is 7.75. The summed E-state index contributed by atoms with van der Waals surface area (Å²) in [6, 6.07) is 15.2. The molecule has 1 heterocycles. The minimum atomic E-state index is -0.577. The molecule has 3 rings (SSSR count). The molecule has 2 aromatic carbocycles. The number of carbonyl (C=O) groups excluding carboxylic acids is 1. The van der Waals surface area contributed by atoms with Crippen molar-refractivity contribution in [2.75, 3.05) is 0 Å². The molecule has 0 spiro atoms. The molecule has 3 aromatic rings. The molecular weight excluding hydrogens is 354 g/mol. The van der Waals surface area contributed by atoms with Crippen LogP contribution in [-0.2, 0) is 0 Å². The van der Waals surface area contributed by atoms with E-state index in [-0.39, 0.29) is 11.3 Å². The first kappa shape index (κ1) is 17.6. The molecule has 0 saturated carbocycles. The van der Waals surface area contributed by atoms with Gasteiger partial charge in [0.05, 0.1) is 21.9 Å². The molecule has 0 N–H and O–H groups in total. The largest absolute Gasteiger partial charge is 0.289 e. The number of nitro groups is 1. The van der Waals surface area contributed by atoms with E-state index in [4.69, 9.17) is 11.6 Å². The third-order valence-electron chi connectivity index (χ3n) is 3.82. The third-order valence-corrected chi connectivity index (χ3v) is 4.18. The third kappa shape index (κ3) is 3.41. The van der Waals surface area contributed by atoms with Gasteiger partial charge < -0.3 is 0 Å². The zero-order valence-electron chi connectivity index (χ0n) is 13.8. The molecule has 0 aliphatic heterocycles. The van der Waals surface area contributed by atoms with Gasteiger partial charge in [-0.15, -0.1) is 0 Å². The zero-order chi connectivity index (χ0) is 18.7. The molecule has 0 bridgehead atoms. The summed E-state index contributed by atoms with van der Waals surface area (Å²) in [4.78, 5) is 22.9. The molecule has 130 valence electrons. The van der Waals surface area contributed by atoms with Crippen LogP contribution in [0.25, 0.3) is 11.8 Å². The van der Waals surface area contributed by atoms with Crippen LogP contribution in [0.4, 0.5) is 5.69 Å². The summed E-state index contributed by atoms with van der Waals surface area (Å²) in [6.45, 7) is 1.78. The van der Waals surface area contributed by atoms with Crippen molar-refractivity contribution >= 4 is 29.1 Å². The first-order valence-corrected chi connectivity index (χ1v) is 8.13. The van der Waals surface area contributed by atoms with Crippen LogP contribution in [0.5, 0.6) is 0 Å². The lowest BCUT2D eigenvalue weighted by atomic mass is 10.1. The molecule has 0 aliphatic rings. The van der Waals surface area contributed by atoms with Crippen molar-refractivity contribution in [2.24, 2.45) is 0 Å². The number of nitrogens with zero attached hydrogens (tertiary/aromatic N) is 3. The van der Waals surface area contributed by atoms with Crippen LogP contribution in [0.2, 0.25) is 5.15 Å². The molecule has 7 heteroatoms. The number of halogens is 1. The Labute approximate surface area is 154 Å². The highest BCUT2D eigenvalue weighted by Crippen LogP contribution is 2.25. The van der Waals surface area contributed by atoms with E-state index in [0.717, 1.165) is 5.69 Å². The van der Waals surface area contributed by atoms with Crippen LogP contribution in [0.3, 0.4) is 0 Å². The molecule has 6 nitrogen and oxygen atoms in total. The van der Waals surface area contributed by atoms with Crippen molar-refractivity contribution in [1.82, 2.24) is 9.78 Å². The Hall–Kier alpha value is -3.25. The van der Waals surface area contributed by atoms with E-state index in [1.54, 1.807) is 17.7 Å². The Bertz CT molecular complexity index is 1010. The fourth-order valence-corrected chi connectivity index (χ4v) is 2.87. The number of carbonyl (C=O) groups is 1. The van der Waals surface area contributed by atoms with Gasteiger partial charge in [-0.05, 0) is 37.3 Å². The normalized spacial score (nSPS) is 11.0. The maximum absolute atomic E-state index is 12.4. The average molecular weight is 368 g/mol. The van der Waals surface area contributed by atoms with Crippen LogP contribution >= 0.6 is 11.6 Å². The van der Waals surface area contributed by atoms with Gasteiger partial charge in [-0.1, -0.05) is 41.9 Å². The van der Waals surface area contributed by atoms with E-state index in [1.165, 1.54) is 30.4 Å². The van der Waals surface area contributed by atoms with Gasteiger partial charge in [0.25, 0.3) is 5.69 Å². The van der Waals surface area contributed by atoms with Gasteiger partial charge >= 0.3 is 0 Å². The molecule has 0 unspecified atom stereocenters. The molecule has 26 heavy (non-hydrogen) atoms. The van der Waals surface area contributed by atoms with Gasteiger partial charge in [0.15, 0.2) is 5.78 Å². The van der Waals surface area contributed by atoms with Gasteiger partial charge in [-0.2, -0.15) is 5.10 Å². The summed E-state index contributed by atoms with van der Waals surface area (Å²) in [5, 5.41) is 15.8. The Balaban J connectivity index is 1.94. The van der Waals surface area contributed by atoms with Gasteiger partial charge in [0.1, 0.15) is 5.15 Å². The highest BCUT2D eigenvalue weighted by Gasteiger charge is 2.18. The van der Waals surface area contributed by atoms with E-state index >= 15 is 0 Å². The standard InChI is InChI=1S/C19H14ClN3O3/c1-13-15(19(20)22(21-13)14-7-3-2-4-8-14)11-12-18(24)16-9-5-6-10-17(16)23(25)26/h2-12H,1H3/b12-11+. The molecule has 0 saturated heterocycles. The quantitative estimate of drug-likeness (QED) is 0.285. The van der Waals surface area contributed by atoms with E-state index in [1.807, 2.05) is 30.3 Å². The van der Waals surface area contributed by atoms with Crippen molar-refractivity contribution < 1.29 is 9.72 Å². The Kier molecular flexibility index (Phi) is 4.95. The number of rotatable bonds is 5. The van der Waals surface area contributed by atoms with Crippen LogP contribution in [0.15, 0.2) is 60.7 Å². The Morgan fingerprint density at radius 3 is 2.50 bits per heavy atom. The van der Waals surface area contributed by atoms with Crippen LogP contribution in [-0.4, -0.2) is 20.5 Å². The second-order valence-corrected chi connectivity index (χ2v) is 5.87. The van der Waals surface area contributed by atoms with Gasteiger partial charge in [0, 0.05) is 11.6 Å². The summed E-state index contributed by atoms with van der Waals surface area (Å²) in [7, 11) is 0. The fraction of sp³-hybridized carbons (Fsp3) is 0.0526.